The van der Waals surface area contributed by atoms with Gasteiger partial charge in [0.2, 0.25) is 0 Å². The highest BCUT2D eigenvalue weighted by Gasteiger charge is 2.15. The molecule has 0 aliphatic carbocycles. The summed E-state index contributed by atoms with van der Waals surface area (Å²) in [5.74, 6) is 0.349. The number of methoxy groups -OCH3 is 1. The minimum atomic E-state index is 0.0106. The normalized spacial score (nSPS) is 14.1. The number of hydrogen-bond acceptors (Lipinski definition) is 3. The summed E-state index contributed by atoms with van der Waals surface area (Å²) in [5.41, 5.74) is 0.0106. The van der Waals surface area contributed by atoms with E-state index in [1.807, 2.05) is 6.92 Å². The molecule has 0 aromatic rings. The fourth-order valence-electron chi connectivity index (χ4n) is 0.982. The monoisotopic (exact) mass is 201 g/mol. The van der Waals surface area contributed by atoms with E-state index in [2.05, 4.69) is 26.1 Å². The molecule has 14 heavy (non-hydrogen) atoms. The maximum atomic E-state index is 11.6. The van der Waals surface area contributed by atoms with Gasteiger partial charge in [0.25, 0.3) is 0 Å². The second kappa shape index (κ2) is 6.14. The van der Waals surface area contributed by atoms with Crippen molar-refractivity contribution >= 4 is 5.78 Å². The largest absolute Gasteiger partial charge is 0.385 e. The fourth-order valence-corrected chi connectivity index (χ4v) is 0.982. The maximum absolute atomic E-state index is 11.6. The summed E-state index contributed by atoms with van der Waals surface area (Å²) in [4.78, 5) is 11.6. The predicted molar refractivity (Wildman–Crippen MR) is 58.4 cm³/mol. The molecule has 3 heteroatoms. The molecule has 0 aliphatic rings. The highest BCUT2D eigenvalue weighted by molar-refractivity contribution is 5.82. The molecule has 0 radical (unpaired) electrons. The first kappa shape index (κ1) is 13.6. The Labute approximate surface area is 87.2 Å². The van der Waals surface area contributed by atoms with Crippen molar-refractivity contribution in [3.63, 3.8) is 0 Å². The van der Waals surface area contributed by atoms with Crippen molar-refractivity contribution in [1.82, 2.24) is 5.32 Å². The van der Waals surface area contributed by atoms with E-state index in [-0.39, 0.29) is 17.2 Å². The van der Waals surface area contributed by atoms with Gasteiger partial charge in [-0.1, -0.05) is 6.92 Å². The van der Waals surface area contributed by atoms with Crippen molar-refractivity contribution in [3.05, 3.63) is 0 Å². The Bertz CT molecular complexity index is 173. The third-order valence-corrected chi connectivity index (χ3v) is 2.10. The first-order valence-corrected chi connectivity index (χ1v) is 5.13. The molecule has 0 fully saturated rings. The van der Waals surface area contributed by atoms with E-state index in [0.717, 1.165) is 6.42 Å². The number of nitrogens with one attached hydrogen (secondary N) is 1. The van der Waals surface area contributed by atoms with Gasteiger partial charge < -0.3 is 10.1 Å². The Morgan fingerprint density at radius 2 is 2.00 bits per heavy atom. The summed E-state index contributed by atoms with van der Waals surface area (Å²) < 4.78 is 4.94. The van der Waals surface area contributed by atoms with Crippen LogP contribution < -0.4 is 5.32 Å². The van der Waals surface area contributed by atoms with Gasteiger partial charge >= 0.3 is 0 Å². The second-order valence-corrected chi connectivity index (χ2v) is 4.75. The zero-order chi connectivity index (χ0) is 11.2. The molecule has 3 nitrogen and oxygen atoms in total. The molecule has 1 N–H and O–H groups in total. The summed E-state index contributed by atoms with van der Waals surface area (Å²) in [6.07, 6.45) is 0.807. The molecule has 0 aromatic heterocycles. The van der Waals surface area contributed by atoms with Crippen LogP contribution in [0.4, 0.5) is 0 Å². The van der Waals surface area contributed by atoms with Crippen LogP contribution in [-0.2, 0) is 9.53 Å². The number of ether oxygens (including phenoxy) is 1. The lowest BCUT2D eigenvalue weighted by Gasteiger charge is -2.21. The van der Waals surface area contributed by atoms with Gasteiger partial charge in [0.1, 0.15) is 5.78 Å². The van der Waals surface area contributed by atoms with Crippen molar-refractivity contribution in [1.29, 1.82) is 0 Å². The van der Waals surface area contributed by atoms with E-state index in [1.165, 1.54) is 0 Å². The minimum absolute atomic E-state index is 0.0106. The summed E-state index contributed by atoms with van der Waals surface area (Å²) in [7, 11) is 1.66. The first-order chi connectivity index (χ1) is 6.37. The van der Waals surface area contributed by atoms with Crippen LogP contribution in [0.1, 0.15) is 34.1 Å². The molecule has 0 spiro atoms. The van der Waals surface area contributed by atoms with Gasteiger partial charge in [-0.05, 0) is 27.2 Å². The van der Waals surface area contributed by atoms with E-state index >= 15 is 0 Å². The summed E-state index contributed by atoms with van der Waals surface area (Å²) in [6, 6.07) is 0. The van der Waals surface area contributed by atoms with Crippen molar-refractivity contribution < 1.29 is 9.53 Å². The average molecular weight is 201 g/mol. The molecule has 1 unspecified atom stereocenters. The van der Waals surface area contributed by atoms with Crippen molar-refractivity contribution in [2.75, 3.05) is 20.3 Å². The van der Waals surface area contributed by atoms with Crippen molar-refractivity contribution in [3.8, 4) is 0 Å². The second-order valence-electron chi connectivity index (χ2n) is 4.75. The molecule has 0 saturated carbocycles. The molecule has 0 heterocycles. The van der Waals surface area contributed by atoms with Gasteiger partial charge in [0, 0.05) is 25.2 Å². The molecule has 84 valence electrons. The molecular weight excluding hydrogens is 178 g/mol. The number of carbonyl (C=O) groups excluding carboxylic acids is 1. The van der Waals surface area contributed by atoms with E-state index in [9.17, 15) is 4.79 Å². The summed E-state index contributed by atoms with van der Waals surface area (Å²) in [5, 5.41) is 3.19. The Kier molecular flexibility index (Phi) is 5.96. The van der Waals surface area contributed by atoms with E-state index < -0.39 is 0 Å². The SMILES string of the molecule is COCCC(C)C(=O)CNC(C)(C)C. The topological polar surface area (TPSA) is 38.3 Å². The molecule has 1 atom stereocenters. The van der Waals surface area contributed by atoms with E-state index in [1.54, 1.807) is 7.11 Å². The first-order valence-electron chi connectivity index (χ1n) is 5.13. The van der Waals surface area contributed by atoms with Crippen LogP contribution in [0.5, 0.6) is 0 Å². The molecule has 0 rings (SSSR count). The molecule has 0 bridgehead atoms. The molecular formula is C11H23NO2. The predicted octanol–water partition coefficient (Wildman–Crippen LogP) is 1.62. The quantitative estimate of drug-likeness (QED) is 0.709. The van der Waals surface area contributed by atoms with Crippen LogP contribution in [0, 0.1) is 5.92 Å². The molecule has 0 amide bonds. The lowest BCUT2D eigenvalue weighted by Crippen LogP contribution is -2.40. The Morgan fingerprint density at radius 3 is 2.43 bits per heavy atom. The maximum Gasteiger partial charge on any atom is 0.149 e. The Morgan fingerprint density at radius 1 is 1.43 bits per heavy atom. The highest BCUT2D eigenvalue weighted by atomic mass is 16.5. The van der Waals surface area contributed by atoms with Crippen LogP contribution in [0.3, 0.4) is 0 Å². The van der Waals surface area contributed by atoms with Gasteiger partial charge in [0.05, 0.1) is 6.54 Å². The van der Waals surface area contributed by atoms with Crippen LogP contribution in [0.15, 0.2) is 0 Å². The number of carbonyl (C=O) groups is 1. The smallest absolute Gasteiger partial charge is 0.149 e. The number of hydrogen-bond donors (Lipinski definition) is 1. The number of ketones is 1. The Balaban J connectivity index is 3.73. The van der Waals surface area contributed by atoms with Crippen LogP contribution in [0.25, 0.3) is 0 Å². The summed E-state index contributed by atoms with van der Waals surface area (Å²) >= 11 is 0. The standard InChI is InChI=1S/C11H23NO2/c1-9(6-7-14-5)10(13)8-12-11(2,3)4/h9,12H,6-8H2,1-5H3. The number of rotatable bonds is 6. The number of Topliss-reactive ketones (excluding diaryl/α,β-unsaturated/α-hetero) is 1. The van der Waals surface area contributed by atoms with Gasteiger partial charge in [-0.2, -0.15) is 0 Å². The van der Waals surface area contributed by atoms with Gasteiger partial charge in [-0.3, -0.25) is 4.79 Å². The molecule has 0 saturated heterocycles. The molecule has 0 aliphatic heterocycles. The van der Waals surface area contributed by atoms with Crippen LogP contribution >= 0.6 is 0 Å². The Hall–Kier alpha value is -0.410. The lowest BCUT2D eigenvalue weighted by molar-refractivity contribution is -0.122. The summed E-state index contributed by atoms with van der Waals surface area (Å²) in [6.45, 7) is 9.23. The van der Waals surface area contributed by atoms with E-state index in [0.29, 0.717) is 13.2 Å². The van der Waals surface area contributed by atoms with Crippen LogP contribution in [0.2, 0.25) is 0 Å². The van der Waals surface area contributed by atoms with Gasteiger partial charge in [0.15, 0.2) is 0 Å². The average Bonchev–Trinajstić information content (AvgIpc) is 2.09. The third-order valence-electron chi connectivity index (χ3n) is 2.10. The van der Waals surface area contributed by atoms with Crippen LogP contribution in [-0.4, -0.2) is 31.6 Å². The highest BCUT2D eigenvalue weighted by Crippen LogP contribution is 2.04. The molecule has 0 aromatic carbocycles. The zero-order valence-electron chi connectivity index (χ0n) is 10.0. The van der Waals surface area contributed by atoms with Gasteiger partial charge in [-0.15, -0.1) is 0 Å². The minimum Gasteiger partial charge on any atom is -0.385 e. The van der Waals surface area contributed by atoms with Crippen molar-refractivity contribution in [2.24, 2.45) is 5.92 Å². The third kappa shape index (κ3) is 7.04. The van der Waals surface area contributed by atoms with Crippen molar-refractivity contribution in [2.45, 2.75) is 39.7 Å². The fraction of sp³-hybridized carbons (Fsp3) is 0.909. The van der Waals surface area contributed by atoms with E-state index in [4.69, 9.17) is 4.74 Å². The zero-order valence-corrected chi connectivity index (χ0v) is 10.0. The lowest BCUT2D eigenvalue weighted by atomic mass is 10.0. The van der Waals surface area contributed by atoms with Gasteiger partial charge in [-0.25, -0.2) is 0 Å².